The van der Waals surface area contributed by atoms with E-state index in [0.717, 1.165) is 25.9 Å². The van der Waals surface area contributed by atoms with E-state index >= 15 is 0 Å². The lowest BCUT2D eigenvalue weighted by Gasteiger charge is -2.32. The number of hydrogen-bond donors (Lipinski definition) is 1. The largest absolute Gasteiger partial charge is 0.356 e. The molecular weight excluding hydrogens is 296 g/mol. The standard InChI is InChI=1S/C13H17ClN4O3/c1-9(19)15-8-10-2-4-17(5-3-10)13-7-11(18(20)21)6-12(14)16-13/h6-7,10H,2-5,8H2,1H3,(H,15,19). The van der Waals surface area contributed by atoms with Crippen molar-refractivity contribution in [1.82, 2.24) is 10.3 Å². The second kappa shape index (κ2) is 6.71. The molecule has 0 radical (unpaired) electrons. The van der Waals surface area contributed by atoms with Gasteiger partial charge in [0.05, 0.1) is 17.1 Å². The Bertz CT molecular complexity index is 544. The molecular formula is C13H17ClN4O3. The van der Waals surface area contributed by atoms with E-state index in [-0.39, 0.29) is 16.7 Å². The number of carbonyl (C=O) groups is 1. The summed E-state index contributed by atoms with van der Waals surface area (Å²) in [6, 6.07) is 2.69. The first-order chi connectivity index (χ1) is 9.95. The monoisotopic (exact) mass is 312 g/mol. The molecule has 0 aromatic carbocycles. The number of nitrogens with one attached hydrogen (secondary N) is 1. The number of pyridine rings is 1. The van der Waals surface area contributed by atoms with E-state index in [9.17, 15) is 14.9 Å². The third kappa shape index (κ3) is 4.29. The van der Waals surface area contributed by atoms with Crippen molar-refractivity contribution in [3.8, 4) is 0 Å². The molecule has 0 saturated carbocycles. The van der Waals surface area contributed by atoms with E-state index in [0.29, 0.717) is 18.3 Å². The fourth-order valence-electron chi connectivity index (χ4n) is 2.39. The minimum Gasteiger partial charge on any atom is -0.356 e. The number of carbonyl (C=O) groups excluding carboxylic acids is 1. The van der Waals surface area contributed by atoms with Crippen LogP contribution in [0.15, 0.2) is 12.1 Å². The molecule has 114 valence electrons. The smallest absolute Gasteiger partial charge is 0.276 e. The molecule has 2 heterocycles. The van der Waals surface area contributed by atoms with E-state index < -0.39 is 4.92 Å². The SMILES string of the molecule is CC(=O)NCC1CCN(c2cc([N+](=O)[O-])cc(Cl)n2)CC1. The summed E-state index contributed by atoms with van der Waals surface area (Å²) in [4.78, 5) is 27.4. The molecule has 1 aliphatic rings. The van der Waals surface area contributed by atoms with E-state index in [4.69, 9.17) is 11.6 Å². The van der Waals surface area contributed by atoms with Gasteiger partial charge in [-0.1, -0.05) is 11.6 Å². The van der Waals surface area contributed by atoms with Crippen LogP contribution >= 0.6 is 11.6 Å². The second-order valence-corrected chi connectivity index (χ2v) is 5.52. The maximum absolute atomic E-state index is 10.9. The summed E-state index contributed by atoms with van der Waals surface area (Å²) in [6.07, 6.45) is 1.81. The van der Waals surface area contributed by atoms with E-state index in [2.05, 4.69) is 10.3 Å². The topological polar surface area (TPSA) is 88.4 Å². The summed E-state index contributed by atoms with van der Waals surface area (Å²) in [5.74, 6) is 0.941. The molecule has 1 N–H and O–H groups in total. The number of hydrogen-bond acceptors (Lipinski definition) is 5. The highest BCUT2D eigenvalue weighted by Gasteiger charge is 2.22. The first-order valence-electron chi connectivity index (χ1n) is 6.77. The number of aromatic nitrogens is 1. The first-order valence-corrected chi connectivity index (χ1v) is 7.15. The molecule has 1 aromatic rings. The summed E-state index contributed by atoms with van der Waals surface area (Å²) >= 11 is 5.84. The highest BCUT2D eigenvalue weighted by Crippen LogP contribution is 2.26. The molecule has 0 aliphatic carbocycles. The van der Waals surface area contributed by atoms with Crippen LogP contribution < -0.4 is 10.2 Å². The van der Waals surface area contributed by atoms with Crippen LogP contribution in [0.3, 0.4) is 0 Å². The van der Waals surface area contributed by atoms with Crippen molar-refractivity contribution in [3.63, 3.8) is 0 Å². The Kier molecular flexibility index (Phi) is 4.95. The first kappa shape index (κ1) is 15.5. The summed E-state index contributed by atoms with van der Waals surface area (Å²) < 4.78 is 0. The zero-order chi connectivity index (χ0) is 15.4. The van der Waals surface area contributed by atoms with Crippen molar-refractivity contribution in [2.75, 3.05) is 24.5 Å². The Morgan fingerprint density at radius 2 is 2.19 bits per heavy atom. The zero-order valence-electron chi connectivity index (χ0n) is 11.7. The van der Waals surface area contributed by atoms with Crippen molar-refractivity contribution in [2.45, 2.75) is 19.8 Å². The van der Waals surface area contributed by atoms with Gasteiger partial charge in [0.1, 0.15) is 11.0 Å². The van der Waals surface area contributed by atoms with Gasteiger partial charge >= 0.3 is 0 Å². The molecule has 8 heteroatoms. The quantitative estimate of drug-likeness (QED) is 0.522. The maximum atomic E-state index is 10.9. The van der Waals surface area contributed by atoms with Crippen molar-refractivity contribution in [1.29, 1.82) is 0 Å². The number of halogens is 1. The van der Waals surface area contributed by atoms with Crippen LogP contribution in [0.5, 0.6) is 0 Å². The molecule has 2 rings (SSSR count). The molecule has 0 spiro atoms. The Morgan fingerprint density at radius 3 is 2.76 bits per heavy atom. The second-order valence-electron chi connectivity index (χ2n) is 5.13. The number of nitro groups is 1. The van der Waals surface area contributed by atoms with Crippen LogP contribution in [0.25, 0.3) is 0 Å². The van der Waals surface area contributed by atoms with E-state index in [1.54, 1.807) is 0 Å². The van der Waals surface area contributed by atoms with Gasteiger partial charge in [0.2, 0.25) is 5.91 Å². The Morgan fingerprint density at radius 1 is 1.52 bits per heavy atom. The van der Waals surface area contributed by atoms with Crippen LogP contribution in [0, 0.1) is 16.0 Å². The summed E-state index contributed by atoms with van der Waals surface area (Å²) in [5.41, 5.74) is -0.0506. The minimum absolute atomic E-state index is 0.0236. The number of anilines is 1. The Balaban J connectivity index is 1.99. The zero-order valence-corrected chi connectivity index (χ0v) is 12.5. The highest BCUT2D eigenvalue weighted by atomic mass is 35.5. The van der Waals surface area contributed by atoms with Gasteiger partial charge in [0.15, 0.2) is 0 Å². The summed E-state index contributed by atoms with van der Waals surface area (Å²) in [5, 5.41) is 13.8. The van der Waals surface area contributed by atoms with Gasteiger partial charge in [-0.2, -0.15) is 0 Å². The Labute approximate surface area is 127 Å². The lowest BCUT2D eigenvalue weighted by Crippen LogP contribution is -2.38. The normalized spacial score (nSPS) is 15.8. The van der Waals surface area contributed by atoms with Gasteiger partial charge in [-0.05, 0) is 18.8 Å². The van der Waals surface area contributed by atoms with Gasteiger partial charge in [-0.15, -0.1) is 0 Å². The van der Waals surface area contributed by atoms with E-state index in [1.807, 2.05) is 4.90 Å². The average molecular weight is 313 g/mol. The fourth-order valence-corrected chi connectivity index (χ4v) is 2.59. The van der Waals surface area contributed by atoms with Crippen molar-refractivity contribution >= 4 is 29.0 Å². The highest BCUT2D eigenvalue weighted by molar-refractivity contribution is 6.29. The minimum atomic E-state index is -0.472. The van der Waals surface area contributed by atoms with Gasteiger partial charge in [0.25, 0.3) is 5.69 Å². The number of piperidine rings is 1. The van der Waals surface area contributed by atoms with E-state index in [1.165, 1.54) is 19.1 Å². The van der Waals surface area contributed by atoms with Gasteiger partial charge in [-0.25, -0.2) is 4.98 Å². The van der Waals surface area contributed by atoms with Gasteiger partial charge in [0, 0.05) is 26.6 Å². The number of rotatable bonds is 4. The van der Waals surface area contributed by atoms with Crippen molar-refractivity contribution < 1.29 is 9.72 Å². The molecule has 1 aromatic heterocycles. The fraction of sp³-hybridized carbons (Fsp3) is 0.538. The van der Waals surface area contributed by atoms with Crippen LogP contribution in [-0.4, -0.2) is 35.4 Å². The Hall–Kier alpha value is -1.89. The molecule has 1 aliphatic heterocycles. The third-order valence-electron chi connectivity index (χ3n) is 3.55. The third-order valence-corrected chi connectivity index (χ3v) is 3.75. The maximum Gasteiger partial charge on any atom is 0.276 e. The van der Waals surface area contributed by atoms with Crippen LogP contribution in [0.2, 0.25) is 5.15 Å². The number of nitrogens with zero attached hydrogens (tertiary/aromatic N) is 3. The molecule has 0 unspecified atom stereocenters. The lowest BCUT2D eigenvalue weighted by atomic mass is 9.97. The molecule has 1 amide bonds. The predicted molar refractivity (Wildman–Crippen MR) is 79.5 cm³/mol. The molecule has 21 heavy (non-hydrogen) atoms. The molecule has 1 fully saturated rings. The molecule has 1 saturated heterocycles. The van der Waals surface area contributed by atoms with Crippen molar-refractivity contribution in [3.05, 3.63) is 27.4 Å². The van der Waals surface area contributed by atoms with Crippen LogP contribution in [-0.2, 0) is 4.79 Å². The number of amides is 1. The summed E-state index contributed by atoms with van der Waals surface area (Å²) in [6.45, 7) is 3.67. The van der Waals surface area contributed by atoms with Gasteiger partial charge in [-0.3, -0.25) is 14.9 Å². The molecule has 0 atom stereocenters. The summed E-state index contributed by atoms with van der Waals surface area (Å²) in [7, 11) is 0. The van der Waals surface area contributed by atoms with Crippen molar-refractivity contribution in [2.24, 2.45) is 5.92 Å². The van der Waals surface area contributed by atoms with Crippen LogP contribution in [0.1, 0.15) is 19.8 Å². The van der Waals surface area contributed by atoms with Crippen LogP contribution in [0.4, 0.5) is 11.5 Å². The van der Waals surface area contributed by atoms with Gasteiger partial charge < -0.3 is 10.2 Å². The average Bonchev–Trinajstić information content (AvgIpc) is 2.45. The predicted octanol–water partition coefficient (Wildman–Crippen LogP) is 2.00. The molecule has 0 bridgehead atoms. The lowest BCUT2D eigenvalue weighted by molar-refractivity contribution is -0.384. The molecule has 7 nitrogen and oxygen atoms in total.